The fourth-order valence-electron chi connectivity index (χ4n) is 3.29. The zero-order chi connectivity index (χ0) is 19.5. The lowest BCUT2D eigenvalue weighted by atomic mass is 9.78. The molecular weight excluding hydrogens is 354 g/mol. The van der Waals surface area contributed by atoms with Gasteiger partial charge in [0.05, 0.1) is 10.5 Å². The van der Waals surface area contributed by atoms with Gasteiger partial charge in [-0.15, -0.1) is 0 Å². The summed E-state index contributed by atoms with van der Waals surface area (Å²) in [5.74, 6) is -0.0931. The van der Waals surface area contributed by atoms with Crippen molar-refractivity contribution >= 4 is 21.7 Å². The summed E-state index contributed by atoms with van der Waals surface area (Å²) in [7, 11) is -3.42. The molecule has 26 heavy (non-hydrogen) atoms. The van der Waals surface area contributed by atoms with Crippen molar-refractivity contribution in [2.24, 2.45) is 11.8 Å². The molecule has 0 spiro atoms. The number of aryl methyl sites for hydroxylation is 1. The molecule has 1 aliphatic rings. The van der Waals surface area contributed by atoms with Crippen LogP contribution in [0.15, 0.2) is 23.1 Å². The number of carbonyl (C=O) groups is 2. The summed E-state index contributed by atoms with van der Waals surface area (Å²) in [5, 5.41) is 2.94. The van der Waals surface area contributed by atoms with Crippen molar-refractivity contribution in [3.05, 3.63) is 29.3 Å². The number of benzene rings is 1. The fourth-order valence-corrected chi connectivity index (χ4v) is 3.94. The lowest BCUT2D eigenvalue weighted by Crippen LogP contribution is -2.45. The Morgan fingerprint density at radius 1 is 1.23 bits per heavy atom. The van der Waals surface area contributed by atoms with Crippen LogP contribution in [-0.2, 0) is 19.4 Å². The van der Waals surface area contributed by atoms with Crippen LogP contribution in [0.3, 0.4) is 0 Å². The fraction of sp³-hybridized carbons (Fsp3) is 0.579. The molecule has 1 aliphatic carbocycles. The second-order valence-electron chi connectivity index (χ2n) is 7.27. The van der Waals surface area contributed by atoms with Gasteiger partial charge in [-0.05, 0) is 42.9 Å². The predicted molar refractivity (Wildman–Crippen MR) is 98.7 cm³/mol. The number of sulfone groups is 1. The molecule has 0 radical (unpaired) electrons. The van der Waals surface area contributed by atoms with E-state index in [1.165, 1.54) is 18.6 Å². The predicted octanol–water partition coefficient (Wildman–Crippen LogP) is 2.50. The van der Waals surface area contributed by atoms with Crippen LogP contribution >= 0.6 is 0 Å². The molecule has 1 aromatic carbocycles. The monoisotopic (exact) mass is 381 g/mol. The van der Waals surface area contributed by atoms with E-state index in [0.29, 0.717) is 17.4 Å². The van der Waals surface area contributed by atoms with E-state index >= 15 is 0 Å². The number of rotatable bonds is 5. The molecule has 1 fully saturated rings. The highest BCUT2D eigenvalue weighted by atomic mass is 32.2. The molecule has 1 saturated carbocycles. The Balaban J connectivity index is 1.97. The Hall–Kier alpha value is -1.89. The number of amides is 1. The zero-order valence-electron chi connectivity index (χ0n) is 15.7. The average Bonchev–Trinajstić information content (AvgIpc) is 2.56. The van der Waals surface area contributed by atoms with E-state index in [2.05, 4.69) is 19.2 Å². The summed E-state index contributed by atoms with van der Waals surface area (Å²) in [6, 6.07) is 4.38. The molecular formula is C19H27NO5S. The number of carbonyl (C=O) groups excluding carboxylic acids is 2. The third-order valence-corrected chi connectivity index (χ3v) is 6.35. The summed E-state index contributed by atoms with van der Waals surface area (Å²) in [5.41, 5.74) is 0.748. The number of hydrogen-bond donors (Lipinski definition) is 1. The van der Waals surface area contributed by atoms with Crippen LogP contribution in [0.1, 0.15) is 49.0 Å². The molecule has 144 valence electrons. The third-order valence-electron chi connectivity index (χ3n) is 5.24. The maximum Gasteiger partial charge on any atom is 0.338 e. The molecule has 1 amide bonds. The van der Waals surface area contributed by atoms with Crippen LogP contribution < -0.4 is 5.32 Å². The highest BCUT2D eigenvalue weighted by molar-refractivity contribution is 7.90. The van der Waals surface area contributed by atoms with Crippen LogP contribution in [0.5, 0.6) is 0 Å². The third kappa shape index (κ3) is 5.06. The molecule has 1 aromatic rings. The average molecular weight is 381 g/mol. The minimum atomic E-state index is -3.42. The standard InChI is InChI=1S/C19H27NO5S/c1-12-6-5-7-17(14(12)3)20-18(21)11-25-19(22)16-10-15(26(4,23)24)9-8-13(16)2/h8-10,12,14,17H,5-7,11H2,1-4H3,(H,20,21)/t12-,14+,17-/m1/s1. The Morgan fingerprint density at radius 3 is 2.58 bits per heavy atom. The molecule has 0 saturated heterocycles. The molecule has 0 aromatic heterocycles. The first-order valence-corrected chi connectivity index (χ1v) is 10.8. The van der Waals surface area contributed by atoms with Crippen molar-refractivity contribution in [1.29, 1.82) is 0 Å². The first kappa shape index (κ1) is 20.4. The normalized spacial score (nSPS) is 23.3. The molecule has 3 atom stereocenters. The van der Waals surface area contributed by atoms with Crippen molar-refractivity contribution in [2.45, 2.75) is 51.0 Å². The number of esters is 1. The van der Waals surface area contributed by atoms with Gasteiger partial charge in [0, 0.05) is 12.3 Å². The maximum atomic E-state index is 12.3. The quantitative estimate of drug-likeness (QED) is 0.792. The molecule has 2 rings (SSSR count). The van der Waals surface area contributed by atoms with E-state index in [0.717, 1.165) is 19.1 Å². The number of hydrogen-bond acceptors (Lipinski definition) is 5. The van der Waals surface area contributed by atoms with E-state index in [4.69, 9.17) is 4.74 Å². The first-order valence-electron chi connectivity index (χ1n) is 8.86. The maximum absolute atomic E-state index is 12.3. The van der Waals surface area contributed by atoms with Crippen LogP contribution in [0.4, 0.5) is 0 Å². The Morgan fingerprint density at radius 2 is 1.92 bits per heavy atom. The van der Waals surface area contributed by atoms with Crippen molar-refractivity contribution in [1.82, 2.24) is 5.32 Å². The van der Waals surface area contributed by atoms with Gasteiger partial charge in [0.25, 0.3) is 5.91 Å². The van der Waals surface area contributed by atoms with Gasteiger partial charge >= 0.3 is 5.97 Å². The van der Waals surface area contributed by atoms with Crippen LogP contribution in [-0.4, -0.2) is 39.2 Å². The minimum Gasteiger partial charge on any atom is -0.452 e. The second-order valence-corrected chi connectivity index (χ2v) is 9.28. The van der Waals surface area contributed by atoms with Crippen LogP contribution in [0.25, 0.3) is 0 Å². The molecule has 7 heteroatoms. The zero-order valence-corrected chi connectivity index (χ0v) is 16.6. The van der Waals surface area contributed by atoms with Gasteiger partial charge in [0.2, 0.25) is 0 Å². The van der Waals surface area contributed by atoms with Crippen molar-refractivity contribution in [3.8, 4) is 0 Å². The molecule has 0 unspecified atom stereocenters. The van der Waals surface area contributed by atoms with Crippen molar-refractivity contribution in [2.75, 3.05) is 12.9 Å². The van der Waals surface area contributed by atoms with E-state index in [9.17, 15) is 18.0 Å². The van der Waals surface area contributed by atoms with E-state index in [1.807, 2.05) is 0 Å². The summed E-state index contributed by atoms with van der Waals surface area (Å²) < 4.78 is 28.4. The highest BCUT2D eigenvalue weighted by Crippen LogP contribution is 2.29. The second kappa shape index (κ2) is 8.20. The van der Waals surface area contributed by atoms with Gasteiger partial charge in [-0.1, -0.05) is 32.8 Å². The Bertz CT molecular complexity index is 787. The van der Waals surface area contributed by atoms with Gasteiger partial charge < -0.3 is 10.1 Å². The molecule has 0 aliphatic heterocycles. The number of ether oxygens (including phenoxy) is 1. The SMILES string of the molecule is Cc1ccc(S(C)(=O)=O)cc1C(=O)OCC(=O)N[C@@H]1CCC[C@@H](C)[C@@H]1C. The first-order chi connectivity index (χ1) is 12.1. The Labute approximate surface area is 155 Å². The topological polar surface area (TPSA) is 89.5 Å². The molecule has 6 nitrogen and oxygen atoms in total. The highest BCUT2D eigenvalue weighted by Gasteiger charge is 2.28. The van der Waals surface area contributed by atoms with Crippen LogP contribution in [0.2, 0.25) is 0 Å². The van der Waals surface area contributed by atoms with Gasteiger partial charge in [-0.2, -0.15) is 0 Å². The summed E-state index contributed by atoms with van der Waals surface area (Å²) in [6.07, 6.45) is 4.25. The summed E-state index contributed by atoms with van der Waals surface area (Å²) >= 11 is 0. The van der Waals surface area contributed by atoms with E-state index < -0.39 is 15.8 Å². The van der Waals surface area contributed by atoms with E-state index in [-0.39, 0.29) is 29.0 Å². The van der Waals surface area contributed by atoms with Crippen molar-refractivity contribution in [3.63, 3.8) is 0 Å². The summed E-state index contributed by atoms with van der Waals surface area (Å²) in [6.45, 7) is 5.62. The Kier molecular flexibility index (Phi) is 6.44. The van der Waals surface area contributed by atoms with Crippen molar-refractivity contribution < 1.29 is 22.7 Å². The summed E-state index contributed by atoms with van der Waals surface area (Å²) in [4.78, 5) is 24.4. The lowest BCUT2D eigenvalue weighted by molar-refractivity contribution is -0.125. The molecule has 0 heterocycles. The molecule has 0 bridgehead atoms. The van der Waals surface area contributed by atoms with Gasteiger partial charge in [-0.25, -0.2) is 13.2 Å². The van der Waals surface area contributed by atoms with Gasteiger partial charge in [-0.3, -0.25) is 4.79 Å². The lowest BCUT2D eigenvalue weighted by Gasteiger charge is -2.34. The largest absolute Gasteiger partial charge is 0.452 e. The van der Waals surface area contributed by atoms with E-state index in [1.54, 1.807) is 13.0 Å². The number of nitrogens with one attached hydrogen (secondary N) is 1. The smallest absolute Gasteiger partial charge is 0.338 e. The van der Waals surface area contributed by atoms with Gasteiger partial charge in [0.1, 0.15) is 0 Å². The minimum absolute atomic E-state index is 0.0459. The van der Waals surface area contributed by atoms with Gasteiger partial charge in [0.15, 0.2) is 16.4 Å². The molecule has 1 N–H and O–H groups in total. The van der Waals surface area contributed by atoms with Crippen LogP contribution in [0, 0.1) is 18.8 Å².